The first-order chi connectivity index (χ1) is 11.7. The molecular formula is C17H15N3O3S. The van der Waals surface area contributed by atoms with Crippen molar-refractivity contribution in [1.82, 2.24) is 10.4 Å². The summed E-state index contributed by atoms with van der Waals surface area (Å²) >= 11 is 1.22. The predicted molar refractivity (Wildman–Crippen MR) is 93.5 cm³/mol. The van der Waals surface area contributed by atoms with E-state index in [4.69, 9.17) is 9.15 Å². The van der Waals surface area contributed by atoms with E-state index in [1.807, 2.05) is 48.5 Å². The number of methoxy groups -OCH3 is 1. The van der Waals surface area contributed by atoms with E-state index in [1.54, 1.807) is 13.3 Å². The summed E-state index contributed by atoms with van der Waals surface area (Å²) in [5.41, 5.74) is 4.79. The molecule has 0 radical (unpaired) electrons. The highest BCUT2D eigenvalue weighted by molar-refractivity contribution is 7.99. The molecule has 2 aromatic carbocycles. The number of aromatic nitrogens is 1. The summed E-state index contributed by atoms with van der Waals surface area (Å²) in [6.45, 7) is 0. The maximum Gasteiger partial charge on any atom is 0.257 e. The van der Waals surface area contributed by atoms with Crippen molar-refractivity contribution in [2.75, 3.05) is 12.9 Å². The molecule has 0 saturated carbocycles. The van der Waals surface area contributed by atoms with Gasteiger partial charge < -0.3 is 9.15 Å². The van der Waals surface area contributed by atoms with Crippen LogP contribution in [0.2, 0.25) is 0 Å². The first-order valence-corrected chi connectivity index (χ1v) is 8.17. The average molecular weight is 341 g/mol. The van der Waals surface area contributed by atoms with Crippen molar-refractivity contribution < 1.29 is 13.9 Å². The molecule has 1 aromatic heterocycles. The molecule has 7 heteroatoms. The van der Waals surface area contributed by atoms with Crippen LogP contribution in [-0.2, 0) is 4.79 Å². The van der Waals surface area contributed by atoms with Crippen molar-refractivity contribution in [1.29, 1.82) is 0 Å². The molecule has 6 nitrogen and oxygen atoms in total. The van der Waals surface area contributed by atoms with E-state index in [1.165, 1.54) is 11.8 Å². The van der Waals surface area contributed by atoms with Crippen LogP contribution >= 0.6 is 11.8 Å². The third-order valence-corrected chi connectivity index (χ3v) is 3.93. The zero-order chi connectivity index (χ0) is 16.8. The minimum atomic E-state index is -0.235. The molecule has 1 amide bonds. The number of nitrogens with one attached hydrogen (secondary N) is 1. The van der Waals surface area contributed by atoms with E-state index in [0.717, 1.165) is 16.8 Å². The lowest BCUT2D eigenvalue weighted by atomic mass is 10.2. The Balaban J connectivity index is 1.51. The number of para-hydroxylation sites is 2. The molecule has 0 unspecified atom stereocenters. The molecule has 0 aliphatic carbocycles. The highest BCUT2D eigenvalue weighted by Crippen LogP contribution is 2.22. The molecule has 3 aromatic rings. The third kappa shape index (κ3) is 4.14. The van der Waals surface area contributed by atoms with Gasteiger partial charge in [0.1, 0.15) is 11.3 Å². The number of amides is 1. The second kappa shape index (κ2) is 7.65. The van der Waals surface area contributed by atoms with Crippen molar-refractivity contribution in [3.05, 3.63) is 54.1 Å². The Kier molecular flexibility index (Phi) is 5.12. The van der Waals surface area contributed by atoms with Gasteiger partial charge in [0, 0.05) is 0 Å². The predicted octanol–water partition coefficient (Wildman–Crippen LogP) is 3.08. The van der Waals surface area contributed by atoms with Gasteiger partial charge in [-0.15, -0.1) is 0 Å². The number of hydrogen-bond acceptors (Lipinski definition) is 6. The van der Waals surface area contributed by atoms with Gasteiger partial charge >= 0.3 is 0 Å². The Bertz CT molecular complexity index is 843. The summed E-state index contributed by atoms with van der Waals surface area (Å²) in [4.78, 5) is 16.1. The minimum Gasteiger partial charge on any atom is -0.497 e. The van der Waals surface area contributed by atoms with Crippen LogP contribution in [-0.4, -0.2) is 30.0 Å². The fourth-order valence-corrected chi connectivity index (χ4v) is 2.60. The number of nitrogens with zero attached hydrogens (tertiary/aromatic N) is 2. The number of thioether (sulfide) groups is 1. The number of hydrazone groups is 1. The van der Waals surface area contributed by atoms with E-state index in [9.17, 15) is 4.79 Å². The van der Waals surface area contributed by atoms with E-state index >= 15 is 0 Å². The Morgan fingerprint density at radius 1 is 1.33 bits per heavy atom. The molecule has 0 aliphatic rings. The van der Waals surface area contributed by atoms with Crippen LogP contribution in [0.1, 0.15) is 5.56 Å². The molecule has 0 bridgehead atoms. The summed E-state index contributed by atoms with van der Waals surface area (Å²) in [6.07, 6.45) is 1.56. The van der Waals surface area contributed by atoms with Crippen LogP contribution in [0.4, 0.5) is 0 Å². The van der Waals surface area contributed by atoms with Gasteiger partial charge in [-0.25, -0.2) is 10.4 Å². The Hall–Kier alpha value is -2.80. The largest absolute Gasteiger partial charge is 0.497 e. The quantitative estimate of drug-likeness (QED) is 0.423. The number of hydrogen-bond donors (Lipinski definition) is 1. The Morgan fingerprint density at radius 2 is 2.21 bits per heavy atom. The number of benzene rings is 2. The monoisotopic (exact) mass is 341 g/mol. The maximum absolute atomic E-state index is 11.8. The smallest absolute Gasteiger partial charge is 0.257 e. The number of rotatable bonds is 6. The normalized spacial score (nSPS) is 11.0. The molecule has 0 saturated heterocycles. The lowest BCUT2D eigenvalue weighted by Crippen LogP contribution is -2.19. The van der Waals surface area contributed by atoms with Crippen LogP contribution in [0.5, 0.6) is 5.75 Å². The first-order valence-electron chi connectivity index (χ1n) is 7.19. The van der Waals surface area contributed by atoms with Gasteiger partial charge in [0.2, 0.25) is 0 Å². The lowest BCUT2D eigenvalue weighted by molar-refractivity contribution is -0.118. The summed E-state index contributed by atoms with van der Waals surface area (Å²) in [5.74, 6) is 0.667. The van der Waals surface area contributed by atoms with Gasteiger partial charge in [-0.05, 0) is 29.8 Å². The van der Waals surface area contributed by atoms with Crippen molar-refractivity contribution in [3.8, 4) is 5.75 Å². The first kappa shape index (κ1) is 16.1. The van der Waals surface area contributed by atoms with Gasteiger partial charge in [-0.3, -0.25) is 4.79 Å². The summed E-state index contributed by atoms with van der Waals surface area (Å²) in [6, 6.07) is 14.8. The molecule has 1 heterocycles. The van der Waals surface area contributed by atoms with E-state index in [0.29, 0.717) is 10.8 Å². The van der Waals surface area contributed by atoms with Crippen molar-refractivity contribution in [3.63, 3.8) is 0 Å². The topological polar surface area (TPSA) is 76.7 Å². The Morgan fingerprint density at radius 3 is 3.04 bits per heavy atom. The molecule has 1 N–H and O–H groups in total. The second-order valence-electron chi connectivity index (χ2n) is 4.81. The zero-order valence-corrected chi connectivity index (χ0v) is 13.7. The SMILES string of the molecule is COc1cccc(/C=N/NC(=O)CSc2nc3ccccc3o2)c1. The van der Waals surface area contributed by atoms with Crippen LogP contribution in [0.15, 0.2) is 63.3 Å². The molecule has 24 heavy (non-hydrogen) atoms. The number of oxazole rings is 1. The maximum atomic E-state index is 11.8. The highest BCUT2D eigenvalue weighted by Gasteiger charge is 2.08. The fourth-order valence-electron chi connectivity index (χ4n) is 1.97. The average Bonchev–Trinajstić information content (AvgIpc) is 3.03. The van der Waals surface area contributed by atoms with Gasteiger partial charge in [0.15, 0.2) is 5.58 Å². The molecule has 0 spiro atoms. The molecule has 0 aliphatic heterocycles. The molecule has 122 valence electrons. The number of ether oxygens (including phenoxy) is 1. The van der Waals surface area contributed by atoms with Crippen LogP contribution < -0.4 is 10.2 Å². The Labute approximate surface area is 142 Å². The standard InChI is InChI=1S/C17H15N3O3S/c1-22-13-6-4-5-12(9-13)10-18-20-16(21)11-24-17-19-14-7-2-3-8-15(14)23-17/h2-10H,11H2,1H3,(H,20,21)/b18-10+. The number of carbonyl (C=O) groups is 1. The van der Waals surface area contributed by atoms with E-state index in [-0.39, 0.29) is 11.7 Å². The van der Waals surface area contributed by atoms with Crippen LogP contribution in [0, 0.1) is 0 Å². The minimum absolute atomic E-state index is 0.169. The van der Waals surface area contributed by atoms with E-state index < -0.39 is 0 Å². The van der Waals surface area contributed by atoms with Gasteiger partial charge in [0.05, 0.1) is 19.1 Å². The van der Waals surface area contributed by atoms with Crippen LogP contribution in [0.3, 0.4) is 0 Å². The summed E-state index contributed by atoms with van der Waals surface area (Å²) in [7, 11) is 1.60. The molecule has 3 rings (SSSR count). The second-order valence-corrected chi connectivity index (χ2v) is 5.73. The zero-order valence-electron chi connectivity index (χ0n) is 12.9. The number of fused-ring (bicyclic) bond motifs is 1. The van der Waals surface area contributed by atoms with Gasteiger partial charge in [0.25, 0.3) is 11.1 Å². The van der Waals surface area contributed by atoms with Crippen LogP contribution in [0.25, 0.3) is 11.1 Å². The number of carbonyl (C=O) groups excluding carboxylic acids is 1. The van der Waals surface area contributed by atoms with E-state index in [2.05, 4.69) is 15.5 Å². The van der Waals surface area contributed by atoms with Crippen molar-refractivity contribution in [2.24, 2.45) is 5.10 Å². The molecule has 0 fully saturated rings. The summed E-state index contributed by atoms with van der Waals surface area (Å²) < 4.78 is 10.7. The fraction of sp³-hybridized carbons (Fsp3) is 0.118. The van der Waals surface area contributed by atoms with Crippen molar-refractivity contribution >= 4 is 35.0 Å². The lowest BCUT2D eigenvalue weighted by Gasteiger charge is -2.00. The summed E-state index contributed by atoms with van der Waals surface area (Å²) in [5, 5.41) is 4.39. The molecule has 0 atom stereocenters. The van der Waals surface area contributed by atoms with Gasteiger partial charge in [-0.1, -0.05) is 36.0 Å². The van der Waals surface area contributed by atoms with Gasteiger partial charge in [-0.2, -0.15) is 5.10 Å². The van der Waals surface area contributed by atoms with Crippen molar-refractivity contribution in [2.45, 2.75) is 5.22 Å². The highest BCUT2D eigenvalue weighted by atomic mass is 32.2. The third-order valence-electron chi connectivity index (χ3n) is 3.10. The molecular weight excluding hydrogens is 326 g/mol.